The zero-order valence-corrected chi connectivity index (χ0v) is 11.7. The van der Waals surface area contributed by atoms with Gasteiger partial charge < -0.3 is 5.11 Å². The molecule has 1 aromatic carbocycles. The van der Waals surface area contributed by atoms with Gasteiger partial charge >= 0.3 is 5.97 Å². The number of hydrogen-bond donors (Lipinski definition) is 2. The van der Waals surface area contributed by atoms with Crippen LogP contribution in [0.3, 0.4) is 0 Å². The second-order valence-electron chi connectivity index (χ2n) is 2.82. The van der Waals surface area contributed by atoms with E-state index >= 15 is 0 Å². The SMILES string of the molecule is CSC(=Nc1ccc(I)cc1C(=O)O)NC#N. The number of amidine groups is 1. The molecule has 17 heavy (non-hydrogen) atoms. The number of halogens is 1. The number of thioether (sulfide) groups is 1. The van der Waals surface area contributed by atoms with Gasteiger partial charge in [-0.2, -0.15) is 5.26 Å². The Balaban J connectivity index is 3.22. The van der Waals surface area contributed by atoms with Gasteiger partial charge in [0.2, 0.25) is 0 Å². The summed E-state index contributed by atoms with van der Waals surface area (Å²) in [6.45, 7) is 0. The highest BCUT2D eigenvalue weighted by Crippen LogP contribution is 2.22. The lowest BCUT2D eigenvalue weighted by Gasteiger charge is -2.04. The summed E-state index contributed by atoms with van der Waals surface area (Å²) in [6.07, 6.45) is 3.49. The number of carboxylic acid groups (broad SMARTS) is 1. The molecule has 0 unspecified atom stereocenters. The van der Waals surface area contributed by atoms with E-state index in [1.54, 1.807) is 24.6 Å². The fourth-order valence-electron chi connectivity index (χ4n) is 1.06. The molecule has 0 aliphatic rings. The number of hydrogen-bond acceptors (Lipinski definition) is 4. The molecule has 0 aliphatic heterocycles. The summed E-state index contributed by atoms with van der Waals surface area (Å²) in [5.41, 5.74) is 0.438. The van der Waals surface area contributed by atoms with Crippen LogP contribution < -0.4 is 5.32 Å². The minimum Gasteiger partial charge on any atom is -0.478 e. The molecule has 0 amide bonds. The van der Waals surface area contributed by atoms with Crippen LogP contribution in [-0.2, 0) is 0 Å². The molecule has 0 heterocycles. The second-order valence-corrected chi connectivity index (χ2v) is 4.87. The molecule has 5 nitrogen and oxygen atoms in total. The summed E-state index contributed by atoms with van der Waals surface area (Å²) in [7, 11) is 0. The maximum atomic E-state index is 11.0. The quantitative estimate of drug-likeness (QED) is 0.278. The number of nitrogens with one attached hydrogen (secondary N) is 1. The normalized spacial score (nSPS) is 10.8. The monoisotopic (exact) mass is 361 g/mol. The predicted molar refractivity (Wildman–Crippen MR) is 75.5 cm³/mol. The smallest absolute Gasteiger partial charge is 0.337 e. The molecule has 0 saturated carbocycles. The second kappa shape index (κ2) is 6.46. The molecule has 2 N–H and O–H groups in total. The number of carbonyl (C=O) groups is 1. The summed E-state index contributed by atoms with van der Waals surface area (Å²) >= 11 is 3.27. The molecule has 1 aromatic rings. The highest BCUT2D eigenvalue weighted by molar-refractivity contribution is 14.1. The molecule has 0 aliphatic carbocycles. The lowest BCUT2D eigenvalue weighted by atomic mass is 10.2. The van der Waals surface area contributed by atoms with Crippen LogP contribution in [0.5, 0.6) is 0 Å². The maximum Gasteiger partial charge on any atom is 0.337 e. The first-order valence-corrected chi connectivity index (χ1v) is 6.69. The largest absolute Gasteiger partial charge is 0.478 e. The van der Waals surface area contributed by atoms with Crippen molar-refractivity contribution < 1.29 is 9.90 Å². The molecule has 88 valence electrons. The number of aliphatic imine (C=N–C) groups is 1. The lowest BCUT2D eigenvalue weighted by Crippen LogP contribution is -2.12. The van der Waals surface area contributed by atoms with E-state index in [9.17, 15) is 4.79 Å². The summed E-state index contributed by atoms with van der Waals surface area (Å²) in [4.78, 5) is 15.1. The third-order valence-corrected chi connectivity index (χ3v) is 3.02. The average molecular weight is 361 g/mol. The summed E-state index contributed by atoms with van der Waals surface area (Å²) in [5.74, 6) is -1.04. The van der Waals surface area contributed by atoms with E-state index in [1.807, 2.05) is 22.6 Å². The first-order valence-electron chi connectivity index (χ1n) is 4.39. The Bertz CT molecular complexity index is 511. The van der Waals surface area contributed by atoms with Crippen LogP contribution in [0.1, 0.15) is 10.4 Å². The number of benzene rings is 1. The maximum absolute atomic E-state index is 11.0. The zero-order chi connectivity index (χ0) is 12.8. The van der Waals surface area contributed by atoms with Crippen molar-refractivity contribution in [2.24, 2.45) is 4.99 Å². The van der Waals surface area contributed by atoms with E-state index in [2.05, 4.69) is 10.3 Å². The van der Waals surface area contributed by atoms with Crippen molar-refractivity contribution in [2.45, 2.75) is 0 Å². The average Bonchev–Trinajstić information content (AvgIpc) is 2.30. The number of nitriles is 1. The van der Waals surface area contributed by atoms with Gasteiger partial charge in [-0.3, -0.25) is 5.32 Å². The van der Waals surface area contributed by atoms with Crippen LogP contribution >= 0.6 is 34.4 Å². The van der Waals surface area contributed by atoms with Crippen LogP contribution in [0.15, 0.2) is 23.2 Å². The van der Waals surface area contributed by atoms with E-state index < -0.39 is 5.97 Å². The molecule has 7 heteroatoms. The van der Waals surface area contributed by atoms with Crippen LogP contribution in [0.25, 0.3) is 0 Å². The Morgan fingerprint density at radius 1 is 1.65 bits per heavy atom. The molecule has 0 bridgehead atoms. The fraction of sp³-hybridized carbons (Fsp3) is 0.100. The van der Waals surface area contributed by atoms with Gasteiger partial charge in [0.1, 0.15) is 0 Å². The van der Waals surface area contributed by atoms with E-state index in [1.165, 1.54) is 17.8 Å². The number of rotatable bonds is 2. The van der Waals surface area contributed by atoms with Crippen molar-refractivity contribution in [3.63, 3.8) is 0 Å². The van der Waals surface area contributed by atoms with E-state index in [0.29, 0.717) is 10.9 Å². The van der Waals surface area contributed by atoms with Gasteiger partial charge in [0.25, 0.3) is 0 Å². The highest BCUT2D eigenvalue weighted by atomic mass is 127. The minimum absolute atomic E-state index is 0.114. The molecule has 0 radical (unpaired) electrons. The number of nitrogens with zero attached hydrogens (tertiary/aromatic N) is 2. The third kappa shape index (κ3) is 3.90. The van der Waals surface area contributed by atoms with Crippen LogP contribution in [-0.4, -0.2) is 22.5 Å². The van der Waals surface area contributed by atoms with Crippen LogP contribution in [0.4, 0.5) is 5.69 Å². The van der Waals surface area contributed by atoms with E-state index in [0.717, 1.165) is 3.57 Å². The zero-order valence-electron chi connectivity index (χ0n) is 8.77. The van der Waals surface area contributed by atoms with Crippen molar-refractivity contribution >= 4 is 51.2 Å². The Hall–Kier alpha value is -1.27. The first kappa shape index (κ1) is 13.8. The Morgan fingerprint density at radius 2 is 2.35 bits per heavy atom. The molecule has 0 atom stereocenters. The van der Waals surface area contributed by atoms with Crippen LogP contribution in [0, 0.1) is 15.0 Å². The van der Waals surface area contributed by atoms with Crippen molar-refractivity contribution in [3.8, 4) is 6.19 Å². The van der Waals surface area contributed by atoms with Crippen molar-refractivity contribution in [1.29, 1.82) is 5.26 Å². The van der Waals surface area contributed by atoms with Gasteiger partial charge in [0.15, 0.2) is 11.4 Å². The van der Waals surface area contributed by atoms with Crippen molar-refractivity contribution in [3.05, 3.63) is 27.3 Å². The van der Waals surface area contributed by atoms with E-state index in [-0.39, 0.29) is 5.56 Å². The lowest BCUT2D eigenvalue weighted by molar-refractivity contribution is 0.0698. The minimum atomic E-state index is -1.04. The molecular weight excluding hydrogens is 353 g/mol. The van der Waals surface area contributed by atoms with Crippen LogP contribution in [0.2, 0.25) is 0 Å². The Morgan fingerprint density at radius 3 is 2.88 bits per heavy atom. The Kier molecular flexibility index (Phi) is 5.24. The summed E-state index contributed by atoms with van der Waals surface area (Å²) in [6, 6.07) is 4.91. The van der Waals surface area contributed by atoms with Gasteiger partial charge in [0, 0.05) is 3.57 Å². The topological polar surface area (TPSA) is 85.5 Å². The van der Waals surface area contributed by atoms with Gasteiger partial charge in [-0.05, 0) is 47.0 Å². The van der Waals surface area contributed by atoms with Crippen molar-refractivity contribution in [2.75, 3.05) is 6.26 Å². The number of carboxylic acids is 1. The molecule has 0 aromatic heterocycles. The predicted octanol–water partition coefficient (Wildman–Crippen LogP) is 2.41. The fourth-order valence-corrected chi connectivity index (χ4v) is 1.89. The summed E-state index contributed by atoms with van der Waals surface area (Å²) in [5, 5.41) is 20.3. The Labute approximate surface area is 116 Å². The third-order valence-electron chi connectivity index (χ3n) is 1.77. The molecule has 0 saturated heterocycles. The molecule has 0 fully saturated rings. The van der Waals surface area contributed by atoms with E-state index in [4.69, 9.17) is 10.4 Å². The van der Waals surface area contributed by atoms with Gasteiger partial charge in [-0.25, -0.2) is 9.79 Å². The van der Waals surface area contributed by atoms with Crippen molar-refractivity contribution in [1.82, 2.24) is 5.32 Å². The number of aromatic carboxylic acids is 1. The van der Waals surface area contributed by atoms with Gasteiger partial charge in [-0.1, -0.05) is 11.8 Å². The molecule has 0 spiro atoms. The van der Waals surface area contributed by atoms with Gasteiger partial charge in [-0.15, -0.1) is 0 Å². The first-order chi connectivity index (χ1) is 8.08. The molecular formula is C10H8IN3O2S. The standard InChI is InChI=1S/C10H8IN3O2S/c1-17-10(13-5-12)14-8-3-2-6(11)4-7(8)9(15)16/h2-4H,1H3,(H,13,14)(H,15,16). The summed E-state index contributed by atoms with van der Waals surface area (Å²) < 4.78 is 0.817. The molecule has 1 rings (SSSR count). The highest BCUT2D eigenvalue weighted by Gasteiger charge is 2.10. The van der Waals surface area contributed by atoms with Gasteiger partial charge in [0.05, 0.1) is 11.3 Å².